The van der Waals surface area contributed by atoms with Crippen LogP contribution in [0.1, 0.15) is 17.5 Å². The molecule has 1 saturated heterocycles. The molecule has 0 amide bonds. The van der Waals surface area contributed by atoms with Gasteiger partial charge in [-0.2, -0.15) is 0 Å². The summed E-state index contributed by atoms with van der Waals surface area (Å²) in [5, 5.41) is 13.2. The number of β-amino-alcohol motifs (C(OH)–C–C–N with tert-alkyl or cyclic N) is 1. The van der Waals surface area contributed by atoms with Crippen LogP contribution < -0.4 is 16.0 Å². The highest BCUT2D eigenvalue weighted by Crippen LogP contribution is 2.25. The van der Waals surface area contributed by atoms with Crippen LogP contribution in [0.3, 0.4) is 0 Å². The number of aliphatic hydroxyl groups is 1. The largest absolute Gasteiger partial charge is 0.391 e. The van der Waals surface area contributed by atoms with E-state index in [4.69, 9.17) is 5.73 Å². The summed E-state index contributed by atoms with van der Waals surface area (Å²) in [6.07, 6.45) is 1.87. The molecule has 0 spiro atoms. The van der Waals surface area contributed by atoms with E-state index in [0.717, 1.165) is 16.1 Å². The Labute approximate surface area is 150 Å². The molecule has 3 rings (SSSR count). The molecule has 0 radical (unpaired) electrons. The van der Waals surface area contributed by atoms with Crippen LogP contribution >= 0.6 is 15.9 Å². The van der Waals surface area contributed by atoms with Crippen LogP contribution in [0.15, 0.2) is 35.1 Å². The van der Waals surface area contributed by atoms with Crippen LogP contribution in [-0.4, -0.2) is 40.3 Å². The molecule has 0 saturated carbocycles. The van der Waals surface area contributed by atoms with Gasteiger partial charge in [-0.1, -0.05) is 28.1 Å². The Hall–Kier alpha value is -1.70. The van der Waals surface area contributed by atoms with Crippen molar-refractivity contribution in [2.75, 3.05) is 23.3 Å². The molecule has 2 atom stereocenters. The highest BCUT2D eigenvalue weighted by molar-refractivity contribution is 9.10. The van der Waals surface area contributed by atoms with Crippen molar-refractivity contribution >= 4 is 27.6 Å². The minimum absolute atomic E-state index is 0.121. The molecule has 6 nitrogen and oxygen atoms in total. The summed E-state index contributed by atoms with van der Waals surface area (Å²) in [6.45, 7) is 3.80. The van der Waals surface area contributed by atoms with Crippen molar-refractivity contribution < 1.29 is 5.11 Å². The number of benzene rings is 1. The standard InChI is InChI=1S/C17H22BrN5O/c1-11-2-3-12(4-15(11)18)8-20-16-6-17(22-10-21-16)23-9-14(24)5-13(23)7-19/h2-4,6,10,13-14,24H,5,7-9,19H2,1H3,(H,20,21,22)/t13-,14-/m1/s1. The lowest BCUT2D eigenvalue weighted by Gasteiger charge is -2.24. The summed E-state index contributed by atoms with van der Waals surface area (Å²) in [7, 11) is 0. The summed E-state index contributed by atoms with van der Waals surface area (Å²) in [6, 6.07) is 8.31. The summed E-state index contributed by atoms with van der Waals surface area (Å²) in [4.78, 5) is 10.7. The highest BCUT2D eigenvalue weighted by Gasteiger charge is 2.30. The fourth-order valence-corrected chi connectivity index (χ4v) is 3.36. The highest BCUT2D eigenvalue weighted by atomic mass is 79.9. The number of hydrogen-bond donors (Lipinski definition) is 3. The Morgan fingerprint density at radius 2 is 2.21 bits per heavy atom. The van der Waals surface area contributed by atoms with E-state index in [-0.39, 0.29) is 12.1 Å². The van der Waals surface area contributed by atoms with Crippen LogP contribution in [0.25, 0.3) is 0 Å². The molecule has 2 heterocycles. The molecule has 1 aliphatic heterocycles. The Morgan fingerprint density at radius 1 is 1.38 bits per heavy atom. The Bertz CT molecular complexity index is 711. The topological polar surface area (TPSA) is 87.3 Å². The van der Waals surface area contributed by atoms with Gasteiger partial charge in [-0.15, -0.1) is 0 Å². The fraction of sp³-hybridized carbons (Fsp3) is 0.412. The normalized spacial score (nSPS) is 20.4. The van der Waals surface area contributed by atoms with E-state index >= 15 is 0 Å². The van der Waals surface area contributed by atoms with E-state index < -0.39 is 0 Å². The summed E-state index contributed by atoms with van der Waals surface area (Å²) in [5.41, 5.74) is 8.19. The molecule has 4 N–H and O–H groups in total. The van der Waals surface area contributed by atoms with Crippen molar-refractivity contribution in [1.29, 1.82) is 0 Å². The SMILES string of the molecule is Cc1ccc(CNc2cc(N3C[C@H](O)C[C@@H]3CN)ncn2)cc1Br. The molecule has 1 fully saturated rings. The minimum atomic E-state index is -0.352. The zero-order chi connectivity index (χ0) is 17.1. The van der Waals surface area contributed by atoms with E-state index in [1.165, 1.54) is 11.1 Å². The summed E-state index contributed by atoms with van der Waals surface area (Å²) in [5.74, 6) is 1.55. The average Bonchev–Trinajstić information content (AvgIpc) is 2.97. The Kier molecular flexibility index (Phi) is 5.33. The number of halogens is 1. The lowest BCUT2D eigenvalue weighted by atomic mass is 10.1. The number of aliphatic hydroxyl groups excluding tert-OH is 1. The van der Waals surface area contributed by atoms with Gasteiger partial charge < -0.3 is 21.1 Å². The molecule has 0 aliphatic carbocycles. The van der Waals surface area contributed by atoms with Crippen molar-refractivity contribution in [3.05, 3.63) is 46.2 Å². The number of hydrogen-bond acceptors (Lipinski definition) is 6. The van der Waals surface area contributed by atoms with Crippen LogP contribution in [0.2, 0.25) is 0 Å². The van der Waals surface area contributed by atoms with Crippen molar-refractivity contribution in [2.45, 2.75) is 32.0 Å². The van der Waals surface area contributed by atoms with Gasteiger partial charge in [-0.25, -0.2) is 9.97 Å². The van der Waals surface area contributed by atoms with Gasteiger partial charge in [0.1, 0.15) is 18.0 Å². The molecule has 1 aromatic carbocycles. The number of aryl methyl sites for hydroxylation is 1. The van der Waals surface area contributed by atoms with E-state index in [2.05, 4.69) is 61.2 Å². The van der Waals surface area contributed by atoms with E-state index in [1.807, 2.05) is 6.07 Å². The van der Waals surface area contributed by atoms with Gasteiger partial charge in [0.15, 0.2) is 0 Å². The van der Waals surface area contributed by atoms with Crippen LogP contribution in [0.4, 0.5) is 11.6 Å². The second-order valence-corrected chi connectivity index (χ2v) is 6.98. The first-order chi connectivity index (χ1) is 11.6. The monoisotopic (exact) mass is 391 g/mol. The predicted molar refractivity (Wildman–Crippen MR) is 99.0 cm³/mol. The fourth-order valence-electron chi connectivity index (χ4n) is 2.94. The smallest absolute Gasteiger partial charge is 0.134 e. The quantitative estimate of drug-likeness (QED) is 0.722. The third-order valence-electron chi connectivity index (χ3n) is 4.32. The van der Waals surface area contributed by atoms with Gasteiger partial charge >= 0.3 is 0 Å². The number of rotatable bonds is 5. The number of anilines is 2. The van der Waals surface area contributed by atoms with Crippen LogP contribution in [0, 0.1) is 6.92 Å². The lowest BCUT2D eigenvalue weighted by molar-refractivity contribution is 0.194. The van der Waals surface area contributed by atoms with Crippen LogP contribution in [0.5, 0.6) is 0 Å². The molecule has 0 bridgehead atoms. The number of aromatic nitrogens is 2. The molecular formula is C17H22BrN5O. The average molecular weight is 392 g/mol. The van der Waals surface area contributed by atoms with Crippen molar-refractivity contribution in [1.82, 2.24) is 9.97 Å². The first-order valence-electron chi connectivity index (χ1n) is 8.02. The molecule has 7 heteroatoms. The van der Waals surface area contributed by atoms with Gasteiger partial charge in [-0.05, 0) is 30.5 Å². The second kappa shape index (κ2) is 7.46. The maximum Gasteiger partial charge on any atom is 0.134 e. The van der Waals surface area contributed by atoms with Crippen molar-refractivity contribution in [3.63, 3.8) is 0 Å². The minimum Gasteiger partial charge on any atom is -0.391 e. The van der Waals surface area contributed by atoms with Gasteiger partial charge in [-0.3, -0.25) is 0 Å². The van der Waals surface area contributed by atoms with E-state index in [0.29, 0.717) is 26.1 Å². The van der Waals surface area contributed by atoms with Gasteiger partial charge in [0.25, 0.3) is 0 Å². The lowest BCUT2D eigenvalue weighted by Crippen LogP contribution is -2.36. The molecule has 128 valence electrons. The summed E-state index contributed by atoms with van der Waals surface area (Å²) < 4.78 is 1.10. The molecule has 24 heavy (non-hydrogen) atoms. The van der Waals surface area contributed by atoms with Gasteiger partial charge in [0, 0.05) is 36.2 Å². The first kappa shape index (κ1) is 17.1. The van der Waals surface area contributed by atoms with Crippen molar-refractivity contribution in [2.24, 2.45) is 5.73 Å². The van der Waals surface area contributed by atoms with E-state index in [9.17, 15) is 5.11 Å². The Morgan fingerprint density at radius 3 is 2.96 bits per heavy atom. The maximum absolute atomic E-state index is 9.87. The van der Waals surface area contributed by atoms with Crippen LogP contribution in [-0.2, 0) is 6.54 Å². The predicted octanol–water partition coefficient (Wildman–Crippen LogP) is 2.06. The third kappa shape index (κ3) is 3.85. The Balaban J connectivity index is 1.70. The molecule has 1 aromatic heterocycles. The first-order valence-corrected chi connectivity index (χ1v) is 8.82. The number of nitrogens with two attached hydrogens (primary N) is 1. The molecular weight excluding hydrogens is 370 g/mol. The van der Waals surface area contributed by atoms with Gasteiger partial charge in [0.2, 0.25) is 0 Å². The van der Waals surface area contributed by atoms with Gasteiger partial charge in [0.05, 0.1) is 6.10 Å². The van der Waals surface area contributed by atoms with Crippen molar-refractivity contribution in [3.8, 4) is 0 Å². The zero-order valence-electron chi connectivity index (χ0n) is 13.6. The zero-order valence-corrected chi connectivity index (χ0v) is 15.2. The number of nitrogens with one attached hydrogen (secondary N) is 1. The van der Waals surface area contributed by atoms with E-state index in [1.54, 1.807) is 6.33 Å². The molecule has 2 aromatic rings. The molecule has 1 aliphatic rings. The third-order valence-corrected chi connectivity index (χ3v) is 5.18. The number of nitrogens with zero attached hydrogens (tertiary/aromatic N) is 3. The second-order valence-electron chi connectivity index (χ2n) is 6.13. The summed E-state index contributed by atoms with van der Waals surface area (Å²) >= 11 is 3.55. The maximum atomic E-state index is 9.87. The molecule has 0 unspecified atom stereocenters.